The van der Waals surface area contributed by atoms with E-state index < -0.39 is 0 Å². The van der Waals surface area contributed by atoms with Gasteiger partial charge < -0.3 is 9.47 Å². The predicted molar refractivity (Wildman–Crippen MR) is 112 cm³/mol. The van der Waals surface area contributed by atoms with Crippen molar-refractivity contribution < 1.29 is 9.47 Å². The minimum Gasteiger partial charge on any atom is -0.467 e. The fourth-order valence-electron chi connectivity index (χ4n) is 6.46. The van der Waals surface area contributed by atoms with Crippen molar-refractivity contribution in [2.45, 2.75) is 44.4 Å². The van der Waals surface area contributed by atoms with Crippen LogP contribution < -0.4 is 4.74 Å². The van der Waals surface area contributed by atoms with Gasteiger partial charge in [-0.3, -0.25) is 0 Å². The van der Waals surface area contributed by atoms with E-state index >= 15 is 0 Å². The fraction of sp³-hybridized carbons (Fsp3) is 0.500. The Kier molecular flexibility index (Phi) is 4.36. The van der Waals surface area contributed by atoms with Crippen LogP contribution in [0, 0.1) is 24.7 Å². The van der Waals surface area contributed by atoms with E-state index in [2.05, 4.69) is 59.3 Å². The smallest absolute Gasteiger partial charge is 0.188 e. The lowest BCUT2D eigenvalue weighted by atomic mass is 9.65. The Morgan fingerprint density at radius 1 is 1.04 bits per heavy atom. The normalized spacial score (nSPS) is 30.9. The quantitative estimate of drug-likeness (QED) is 0.508. The van der Waals surface area contributed by atoms with Crippen molar-refractivity contribution in [1.82, 2.24) is 0 Å². The summed E-state index contributed by atoms with van der Waals surface area (Å²) in [6.45, 7) is 2.51. The molecule has 2 aromatic carbocycles. The van der Waals surface area contributed by atoms with E-state index in [0.29, 0.717) is 12.2 Å². The molecule has 0 spiro atoms. The van der Waals surface area contributed by atoms with Gasteiger partial charge in [0.2, 0.25) is 0 Å². The third-order valence-electron chi connectivity index (χ3n) is 7.21. The van der Waals surface area contributed by atoms with Crippen LogP contribution in [-0.2, 0) is 10.2 Å². The number of benzene rings is 2. The third-order valence-corrected chi connectivity index (χ3v) is 7.91. The van der Waals surface area contributed by atoms with Gasteiger partial charge in [0.05, 0.1) is 0 Å². The largest absolute Gasteiger partial charge is 0.467 e. The van der Waals surface area contributed by atoms with Crippen LogP contribution in [0.5, 0.6) is 5.75 Å². The lowest BCUT2D eigenvalue weighted by molar-refractivity contribution is 0.0491. The molecule has 4 bridgehead atoms. The van der Waals surface area contributed by atoms with Gasteiger partial charge in [0.15, 0.2) is 6.79 Å². The zero-order valence-electron chi connectivity index (χ0n) is 16.1. The first-order chi connectivity index (χ1) is 13.1. The van der Waals surface area contributed by atoms with E-state index in [0.717, 1.165) is 28.0 Å². The van der Waals surface area contributed by atoms with Crippen molar-refractivity contribution in [3.05, 3.63) is 52.0 Å². The highest BCUT2D eigenvalue weighted by atomic mass is 79.9. The van der Waals surface area contributed by atoms with Crippen LogP contribution in [-0.4, -0.2) is 13.9 Å². The van der Waals surface area contributed by atoms with Crippen LogP contribution >= 0.6 is 15.9 Å². The molecule has 2 unspecified atom stereocenters. The van der Waals surface area contributed by atoms with Crippen molar-refractivity contribution >= 4 is 15.9 Å². The second kappa shape index (κ2) is 6.63. The van der Waals surface area contributed by atoms with Gasteiger partial charge in [-0.2, -0.15) is 0 Å². The molecule has 3 heteroatoms. The summed E-state index contributed by atoms with van der Waals surface area (Å²) in [7, 11) is 1.70. The number of rotatable bonds is 5. The lowest BCUT2D eigenvalue weighted by Gasteiger charge is -2.40. The maximum atomic E-state index is 6.29. The van der Waals surface area contributed by atoms with Crippen LogP contribution in [0.3, 0.4) is 0 Å². The van der Waals surface area contributed by atoms with Gasteiger partial charge >= 0.3 is 0 Å². The van der Waals surface area contributed by atoms with Gasteiger partial charge in [0.25, 0.3) is 0 Å². The molecule has 0 aromatic heterocycles. The molecule has 0 heterocycles. The maximum absolute atomic E-state index is 6.29. The predicted octanol–water partition coefficient (Wildman–Crippen LogP) is 6.48. The minimum atomic E-state index is 0.292. The summed E-state index contributed by atoms with van der Waals surface area (Å²) < 4.78 is 12.7. The van der Waals surface area contributed by atoms with Crippen LogP contribution in [0.1, 0.15) is 43.2 Å². The second-order valence-corrected chi connectivity index (χ2v) is 9.82. The molecule has 4 aliphatic rings. The monoisotopic (exact) mass is 426 g/mol. The SMILES string of the molecule is COCOc1c(-c2ccccc2Br)cc(C)cc1C12CC3CC(C1)C(C3)C2. The molecule has 4 fully saturated rings. The second-order valence-electron chi connectivity index (χ2n) is 8.97. The van der Waals surface area contributed by atoms with Gasteiger partial charge in [-0.15, -0.1) is 0 Å². The number of halogens is 1. The summed E-state index contributed by atoms with van der Waals surface area (Å²) in [6, 6.07) is 13.1. The van der Waals surface area contributed by atoms with Crippen LogP contribution in [0.25, 0.3) is 11.1 Å². The number of aryl methyl sites for hydroxylation is 1. The Hall–Kier alpha value is -1.32. The molecule has 2 nitrogen and oxygen atoms in total. The molecular formula is C24H27BrO2. The standard InChI is InChI=1S/C24H27BrO2/c1-15-7-20(19-5-3-4-6-22(19)25)23(27-14-26-2)21(8-15)24-11-16-9-17(12-24)18(10-16)13-24/h3-8,16-18H,9-14H2,1-2H3. The zero-order valence-corrected chi connectivity index (χ0v) is 17.7. The van der Waals surface area contributed by atoms with Crippen molar-refractivity contribution in [1.29, 1.82) is 0 Å². The van der Waals surface area contributed by atoms with Crippen molar-refractivity contribution in [2.75, 3.05) is 13.9 Å². The molecule has 142 valence electrons. The summed E-state index contributed by atoms with van der Waals surface area (Å²) in [6.07, 6.45) is 6.95. The Balaban J connectivity index is 1.68. The topological polar surface area (TPSA) is 18.5 Å². The molecule has 4 saturated carbocycles. The molecule has 0 saturated heterocycles. The van der Waals surface area contributed by atoms with Gasteiger partial charge in [-0.05, 0) is 85.5 Å². The summed E-state index contributed by atoms with van der Waals surface area (Å²) >= 11 is 3.75. The molecule has 2 aromatic rings. The Bertz CT molecular complexity index is 855. The average Bonchev–Trinajstić information content (AvgIpc) is 3.07. The van der Waals surface area contributed by atoms with E-state index in [1.807, 2.05) is 0 Å². The Labute approximate surface area is 170 Å². The summed E-state index contributed by atoms with van der Waals surface area (Å²) in [4.78, 5) is 0. The van der Waals surface area contributed by atoms with Gasteiger partial charge in [-0.25, -0.2) is 0 Å². The van der Waals surface area contributed by atoms with Crippen LogP contribution in [0.15, 0.2) is 40.9 Å². The number of methoxy groups -OCH3 is 1. The van der Waals surface area contributed by atoms with E-state index in [9.17, 15) is 0 Å². The van der Waals surface area contributed by atoms with Gasteiger partial charge in [0.1, 0.15) is 5.75 Å². The van der Waals surface area contributed by atoms with Crippen LogP contribution in [0.4, 0.5) is 0 Å². The maximum Gasteiger partial charge on any atom is 0.188 e. The van der Waals surface area contributed by atoms with E-state index in [4.69, 9.17) is 9.47 Å². The molecule has 0 radical (unpaired) electrons. The lowest BCUT2D eigenvalue weighted by Crippen LogP contribution is -2.32. The zero-order chi connectivity index (χ0) is 18.6. The van der Waals surface area contributed by atoms with E-state index in [1.165, 1.54) is 54.4 Å². The molecule has 0 N–H and O–H groups in total. The summed E-state index contributed by atoms with van der Waals surface area (Å²) in [5, 5.41) is 0. The molecule has 2 atom stereocenters. The molecule has 4 aliphatic carbocycles. The van der Waals surface area contributed by atoms with Crippen LogP contribution in [0.2, 0.25) is 0 Å². The highest BCUT2D eigenvalue weighted by Gasteiger charge is 2.57. The number of hydrogen-bond donors (Lipinski definition) is 0. The van der Waals surface area contributed by atoms with Gasteiger partial charge in [-0.1, -0.05) is 40.2 Å². The molecule has 0 amide bonds. The first-order valence-electron chi connectivity index (χ1n) is 10.1. The average molecular weight is 427 g/mol. The fourth-order valence-corrected chi connectivity index (χ4v) is 6.96. The molecule has 6 rings (SSSR count). The molecule has 27 heavy (non-hydrogen) atoms. The highest BCUT2D eigenvalue weighted by Crippen LogP contribution is 2.66. The van der Waals surface area contributed by atoms with Crippen molar-refractivity contribution in [2.24, 2.45) is 17.8 Å². The Morgan fingerprint density at radius 2 is 1.78 bits per heavy atom. The van der Waals surface area contributed by atoms with E-state index in [-0.39, 0.29) is 0 Å². The minimum absolute atomic E-state index is 0.292. The van der Waals surface area contributed by atoms with E-state index in [1.54, 1.807) is 7.11 Å². The summed E-state index contributed by atoms with van der Waals surface area (Å²) in [5.74, 6) is 3.83. The molecular weight excluding hydrogens is 400 g/mol. The first-order valence-corrected chi connectivity index (χ1v) is 10.9. The number of ether oxygens (including phenoxy) is 2. The number of hydrogen-bond acceptors (Lipinski definition) is 2. The van der Waals surface area contributed by atoms with Gasteiger partial charge in [0, 0.05) is 22.7 Å². The Morgan fingerprint density at radius 3 is 2.44 bits per heavy atom. The first kappa shape index (κ1) is 17.8. The van der Waals surface area contributed by atoms with Crippen molar-refractivity contribution in [3.63, 3.8) is 0 Å². The summed E-state index contributed by atoms with van der Waals surface area (Å²) in [5.41, 5.74) is 5.44. The van der Waals surface area contributed by atoms with Crippen molar-refractivity contribution in [3.8, 4) is 16.9 Å². The molecule has 0 aliphatic heterocycles. The highest BCUT2D eigenvalue weighted by molar-refractivity contribution is 9.10. The third kappa shape index (κ3) is 2.86.